The van der Waals surface area contributed by atoms with Crippen LogP contribution in [0.5, 0.6) is 0 Å². The molecule has 0 saturated heterocycles. The van der Waals surface area contributed by atoms with Crippen molar-refractivity contribution in [3.8, 4) is 0 Å². The van der Waals surface area contributed by atoms with Crippen molar-refractivity contribution in [1.29, 1.82) is 0 Å². The van der Waals surface area contributed by atoms with E-state index in [4.69, 9.17) is 0 Å². The molecule has 0 aromatic heterocycles. The Morgan fingerprint density at radius 1 is 0.650 bits per heavy atom. The van der Waals surface area contributed by atoms with Crippen molar-refractivity contribution in [2.24, 2.45) is 5.41 Å². The highest BCUT2D eigenvalue weighted by Crippen LogP contribution is 2.32. The SMILES string of the molecule is CCCCCCCCCC(NCC)(NCC)C(C)(C)C. The topological polar surface area (TPSA) is 24.1 Å². The van der Waals surface area contributed by atoms with Gasteiger partial charge in [-0.3, -0.25) is 10.6 Å². The van der Waals surface area contributed by atoms with Gasteiger partial charge in [-0.1, -0.05) is 86.5 Å². The first-order chi connectivity index (χ1) is 9.43. The maximum absolute atomic E-state index is 3.74. The molecule has 122 valence electrons. The molecule has 0 fully saturated rings. The van der Waals surface area contributed by atoms with Crippen LogP contribution in [0.15, 0.2) is 0 Å². The molecular formula is C18H40N2. The summed E-state index contributed by atoms with van der Waals surface area (Å²) in [6.07, 6.45) is 10.9. The monoisotopic (exact) mass is 284 g/mol. The lowest BCUT2D eigenvalue weighted by Gasteiger charge is -2.46. The van der Waals surface area contributed by atoms with Gasteiger partial charge in [-0.2, -0.15) is 0 Å². The van der Waals surface area contributed by atoms with Gasteiger partial charge in [0, 0.05) is 0 Å². The minimum atomic E-state index is 0.0833. The smallest absolute Gasteiger partial charge is 0.0736 e. The molecule has 0 bridgehead atoms. The first kappa shape index (κ1) is 19.9. The molecule has 0 amide bonds. The molecule has 0 unspecified atom stereocenters. The second-order valence-corrected chi connectivity index (χ2v) is 7.09. The van der Waals surface area contributed by atoms with E-state index < -0.39 is 0 Å². The fourth-order valence-electron chi connectivity index (χ4n) is 3.10. The van der Waals surface area contributed by atoms with Crippen LogP contribution >= 0.6 is 0 Å². The molecule has 0 aliphatic rings. The van der Waals surface area contributed by atoms with Gasteiger partial charge in [-0.25, -0.2) is 0 Å². The fourth-order valence-corrected chi connectivity index (χ4v) is 3.10. The van der Waals surface area contributed by atoms with Gasteiger partial charge in [0.1, 0.15) is 0 Å². The molecule has 0 radical (unpaired) electrons. The average Bonchev–Trinajstić information content (AvgIpc) is 2.36. The molecule has 0 saturated carbocycles. The third-order valence-electron chi connectivity index (χ3n) is 4.39. The molecule has 0 aliphatic carbocycles. The molecule has 2 N–H and O–H groups in total. The Bertz CT molecular complexity index is 212. The van der Waals surface area contributed by atoms with Crippen molar-refractivity contribution in [3.63, 3.8) is 0 Å². The summed E-state index contributed by atoms with van der Waals surface area (Å²) >= 11 is 0. The Labute approximate surface area is 128 Å². The van der Waals surface area contributed by atoms with E-state index in [1.54, 1.807) is 0 Å². The number of hydrogen-bond acceptors (Lipinski definition) is 2. The molecule has 2 nitrogen and oxygen atoms in total. The molecule has 2 heteroatoms. The lowest BCUT2D eigenvalue weighted by Crippen LogP contribution is -2.64. The number of nitrogens with one attached hydrogen (secondary N) is 2. The molecular weight excluding hydrogens is 244 g/mol. The van der Waals surface area contributed by atoms with Crippen molar-refractivity contribution < 1.29 is 0 Å². The quantitative estimate of drug-likeness (QED) is 0.385. The third kappa shape index (κ3) is 7.08. The van der Waals surface area contributed by atoms with Gasteiger partial charge in [-0.05, 0) is 24.9 Å². The van der Waals surface area contributed by atoms with Gasteiger partial charge >= 0.3 is 0 Å². The maximum Gasteiger partial charge on any atom is 0.0736 e. The Kier molecular flexibility index (Phi) is 10.6. The first-order valence-electron chi connectivity index (χ1n) is 8.93. The molecule has 0 aromatic rings. The third-order valence-corrected chi connectivity index (χ3v) is 4.39. The largest absolute Gasteiger partial charge is 0.299 e. The molecule has 0 atom stereocenters. The summed E-state index contributed by atoms with van der Waals surface area (Å²) in [5.74, 6) is 0. The van der Waals surface area contributed by atoms with Gasteiger partial charge in [0.15, 0.2) is 0 Å². The number of rotatable bonds is 12. The summed E-state index contributed by atoms with van der Waals surface area (Å²) < 4.78 is 0. The zero-order valence-corrected chi connectivity index (χ0v) is 15.1. The zero-order chi connectivity index (χ0) is 15.5. The second kappa shape index (κ2) is 10.6. The van der Waals surface area contributed by atoms with Crippen molar-refractivity contribution in [3.05, 3.63) is 0 Å². The Balaban J connectivity index is 4.22. The zero-order valence-electron chi connectivity index (χ0n) is 15.1. The summed E-state index contributed by atoms with van der Waals surface area (Å²) in [6, 6.07) is 0. The van der Waals surface area contributed by atoms with E-state index in [9.17, 15) is 0 Å². The van der Waals surface area contributed by atoms with E-state index in [1.807, 2.05) is 0 Å². The maximum atomic E-state index is 3.74. The Hall–Kier alpha value is -0.0800. The molecule has 0 heterocycles. The average molecular weight is 285 g/mol. The second-order valence-electron chi connectivity index (χ2n) is 7.09. The van der Waals surface area contributed by atoms with Crippen molar-refractivity contribution >= 4 is 0 Å². The summed E-state index contributed by atoms with van der Waals surface area (Å²) in [6.45, 7) is 15.8. The summed E-state index contributed by atoms with van der Waals surface area (Å²) in [5, 5.41) is 7.47. The van der Waals surface area contributed by atoms with Crippen LogP contribution in [-0.4, -0.2) is 18.8 Å². The minimum absolute atomic E-state index is 0.0833. The van der Waals surface area contributed by atoms with Crippen LogP contribution in [0.1, 0.15) is 92.9 Å². The lowest BCUT2D eigenvalue weighted by atomic mass is 9.76. The highest BCUT2D eigenvalue weighted by molar-refractivity contribution is 4.95. The van der Waals surface area contributed by atoms with Gasteiger partial charge in [0.2, 0.25) is 0 Å². The van der Waals surface area contributed by atoms with Crippen LogP contribution < -0.4 is 10.6 Å². The molecule has 0 aromatic carbocycles. The van der Waals surface area contributed by atoms with E-state index in [0.717, 1.165) is 13.1 Å². The summed E-state index contributed by atoms with van der Waals surface area (Å²) in [7, 11) is 0. The van der Waals surface area contributed by atoms with E-state index >= 15 is 0 Å². The number of hydrogen-bond donors (Lipinski definition) is 2. The highest BCUT2D eigenvalue weighted by Gasteiger charge is 2.39. The molecule has 0 aliphatic heterocycles. The van der Waals surface area contributed by atoms with E-state index in [-0.39, 0.29) is 11.1 Å². The van der Waals surface area contributed by atoms with Gasteiger partial charge < -0.3 is 0 Å². The molecule has 0 rings (SSSR count). The van der Waals surface area contributed by atoms with Crippen LogP contribution in [0.2, 0.25) is 0 Å². The standard InChI is InChI=1S/C18H40N2/c1-7-10-11-12-13-14-15-16-18(19-8-2,20-9-3)17(4,5)6/h19-20H,7-16H2,1-6H3. The Morgan fingerprint density at radius 2 is 1.10 bits per heavy atom. The van der Waals surface area contributed by atoms with Crippen LogP contribution in [0.4, 0.5) is 0 Å². The van der Waals surface area contributed by atoms with E-state index in [1.165, 1.54) is 51.4 Å². The molecule has 0 spiro atoms. The van der Waals surface area contributed by atoms with Gasteiger partial charge in [-0.15, -0.1) is 0 Å². The predicted octanol–water partition coefficient (Wildman–Crippen LogP) is 5.09. The van der Waals surface area contributed by atoms with Crippen LogP contribution in [0.3, 0.4) is 0 Å². The highest BCUT2D eigenvalue weighted by atomic mass is 15.2. The van der Waals surface area contributed by atoms with E-state index in [0.29, 0.717) is 0 Å². The summed E-state index contributed by atoms with van der Waals surface area (Å²) in [5.41, 5.74) is 0.321. The fraction of sp³-hybridized carbons (Fsp3) is 1.00. The van der Waals surface area contributed by atoms with Crippen LogP contribution in [-0.2, 0) is 0 Å². The normalized spacial score (nSPS) is 12.9. The van der Waals surface area contributed by atoms with Gasteiger partial charge in [0.25, 0.3) is 0 Å². The lowest BCUT2D eigenvalue weighted by molar-refractivity contribution is 0.0856. The molecule has 20 heavy (non-hydrogen) atoms. The minimum Gasteiger partial charge on any atom is -0.299 e. The van der Waals surface area contributed by atoms with Crippen molar-refractivity contribution in [1.82, 2.24) is 10.6 Å². The predicted molar refractivity (Wildman–Crippen MR) is 92.1 cm³/mol. The van der Waals surface area contributed by atoms with Crippen LogP contribution in [0, 0.1) is 5.41 Å². The van der Waals surface area contributed by atoms with Crippen LogP contribution in [0.25, 0.3) is 0 Å². The number of unbranched alkanes of at least 4 members (excludes halogenated alkanes) is 6. The first-order valence-corrected chi connectivity index (χ1v) is 8.93. The van der Waals surface area contributed by atoms with E-state index in [2.05, 4.69) is 52.2 Å². The van der Waals surface area contributed by atoms with Gasteiger partial charge in [0.05, 0.1) is 5.66 Å². The Morgan fingerprint density at radius 3 is 1.50 bits per heavy atom. The van der Waals surface area contributed by atoms with Crippen molar-refractivity contribution in [2.75, 3.05) is 13.1 Å². The van der Waals surface area contributed by atoms with Crippen molar-refractivity contribution in [2.45, 2.75) is 98.6 Å². The summed E-state index contributed by atoms with van der Waals surface area (Å²) in [4.78, 5) is 0.